The van der Waals surface area contributed by atoms with Crippen molar-refractivity contribution in [3.8, 4) is 5.75 Å². The van der Waals surface area contributed by atoms with E-state index in [0.717, 1.165) is 51.0 Å². The molecule has 0 saturated carbocycles. The van der Waals surface area contributed by atoms with Crippen molar-refractivity contribution in [1.82, 2.24) is 15.1 Å². The maximum Gasteiger partial charge on any atom is 0.194 e. The summed E-state index contributed by atoms with van der Waals surface area (Å²) in [6.07, 6.45) is 1.26. The largest absolute Gasteiger partial charge is 0.495 e. The topological polar surface area (TPSA) is 43.3 Å². The van der Waals surface area contributed by atoms with Crippen LogP contribution >= 0.6 is 24.0 Å². The molecule has 0 aromatic heterocycles. The molecule has 2 fully saturated rings. The van der Waals surface area contributed by atoms with Crippen LogP contribution in [0.1, 0.15) is 13.3 Å². The van der Waals surface area contributed by atoms with Crippen LogP contribution in [0.25, 0.3) is 0 Å². The number of halogens is 1. The first-order valence-corrected chi connectivity index (χ1v) is 9.81. The van der Waals surface area contributed by atoms with E-state index in [1.165, 1.54) is 25.2 Å². The second-order valence-corrected chi connectivity index (χ2v) is 7.26. The molecule has 0 bridgehead atoms. The van der Waals surface area contributed by atoms with Crippen molar-refractivity contribution in [3.63, 3.8) is 0 Å². The van der Waals surface area contributed by atoms with Gasteiger partial charge in [-0.3, -0.25) is 4.99 Å². The molecule has 2 aliphatic rings. The Morgan fingerprint density at radius 1 is 1.19 bits per heavy atom. The molecule has 152 valence electrons. The number of hydrogen-bond acceptors (Lipinski definition) is 4. The van der Waals surface area contributed by atoms with Gasteiger partial charge in [0.15, 0.2) is 5.96 Å². The predicted molar refractivity (Wildman–Crippen MR) is 124 cm³/mol. The molecule has 0 amide bonds. The fourth-order valence-corrected chi connectivity index (χ4v) is 3.87. The summed E-state index contributed by atoms with van der Waals surface area (Å²) in [5.74, 6) is 2.72. The fraction of sp³-hybridized carbons (Fsp3) is 0.650. The third-order valence-electron chi connectivity index (χ3n) is 5.33. The lowest BCUT2D eigenvalue weighted by molar-refractivity contribution is 0.364. The summed E-state index contributed by atoms with van der Waals surface area (Å²) in [5, 5.41) is 3.48. The highest BCUT2D eigenvalue weighted by atomic mass is 127. The number of aliphatic imine (C=N–C) groups is 1. The lowest BCUT2D eigenvalue weighted by atomic mass is 10.1. The average molecular weight is 487 g/mol. The number of para-hydroxylation sites is 2. The SMILES string of the molecule is CCNC(=NCC1CCN(C)C1)N1CCN(c2ccccc2OC)CC1.I. The molecule has 1 aromatic carbocycles. The minimum absolute atomic E-state index is 0. The first-order chi connectivity index (χ1) is 12.7. The highest BCUT2D eigenvalue weighted by Gasteiger charge is 2.23. The Morgan fingerprint density at radius 3 is 2.56 bits per heavy atom. The Morgan fingerprint density at radius 2 is 1.93 bits per heavy atom. The van der Waals surface area contributed by atoms with Gasteiger partial charge in [0.1, 0.15) is 5.75 Å². The summed E-state index contributed by atoms with van der Waals surface area (Å²) in [4.78, 5) is 12.2. The summed E-state index contributed by atoms with van der Waals surface area (Å²) in [6, 6.07) is 8.28. The van der Waals surface area contributed by atoms with Crippen molar-refractivity contribution in [1.29, 1.82) is 0 Å². The number of rotatable bonds is 5. The smallest absolute Gasteiger partial charge is 0.194 e. The summed E-state index contributed by atoms with van der Waals surface area (Å²) >= 11 is 0. The Balaban J connectivity index is 0.00000261. The van der Waals surface area contributed by atoms with E-state index in [1.54, 1.807) is 7.11 Å². The van der Waals surface area contributed by atoms with Crippen LogP contribution in [0.4, 0.5) is 5.69 Å². The first-order valence-electron chi connectivity index (χ1n) is 9.81. The molecule has 2 heterocycles. The molecule has 0 aliphatic carbocycles. The zero-order valence-corrected chi connectivity index (χ0v) is 19.2. The maximum atomic E-state index is 5.52. The molecular weight excluding hydrogens is 453 g/mol. The normalized spacial score (nSPS) is 21.1. The minimum atomic E-state index is 0. The van der Waals surface area contributed by atoms with Gasteiger partial charge in [0.2, 0.25) is 0 Å². The predicted octanol–water partition coefficient (Wildman–Crippen LogP) is 2.35. The number of ether oxygens (including phenoxy) is 1. The van der Waals surface area contributed by atoms with Gasteiger partial charge in [-0.25, -0.2) is 0 Å². The van der Waals surface area contributed by atoms with Crippen molar-refractivity contribution in [2.24, 2.45) is 10.9 Å². The van der Waals surface area contributed by atoms with Crippen molar-refractivity contribution in [2.45, 2.75) is 13.3 Å². The molecule has 7 heteroatoms. The van der Waals surface area contributed by atoms with Gasteiger partial charge in [0.05, 0.1) is 12.8 Å². The summed E-state index contributed by atoms with van der Waals surface area (Å²) in [7, 11) is 3.94. The number of likely N-dealkylation sites (tertiary alicyclic amines) is 1. The molecule has 0 radical (unpaired) electrons. The number of hydrogen-bond donors (Lipinski definition) is 1. The van der Waals surface area contributed by atoms with Crippen LogP contribution in [0.5, 0.6) is 5.75 Å². The lowest BCUT2D eigenvalue weighted by Crippen LogP contribution is -2.52. The van der Waals surface area contributed by atoms with Crippen molar-refractivity contribution < 1.29 is 4.74 Å². The number of nitrogens with one attached hydrogen (secondary N) is 1. The second-order valence-electron chi connectivity index (χ2n) is 7.26. The molecule has 6 nitrogen and oxygen atoms in total. The lowest BCUT2D eigenvalue weighted by Gasteiger charge is -2.38. The molecule has 1 N–H and O–H groups in total. The van der Waals surface area contributed by atoms with Crippen LogP contribution < -0.4 is 15.0 Å². The van der Waals surface area contributed by atoms with E-state index in [9.17, 15) is 0 Å². The number of nitrogens with zero attached hydrogens (tertiary/aromatic N) is 4. The number of piperazine rings is 1. The van der Waals surface area contributed by atoms with Crippen LogP contribution in [-0.2, 0) is 0 Å². The zero-order valence-electron chi connectivity index (χ0n) is 16.9. The molecule has 2 aliphatic heterocycles. The van der Waals surface area contributed by atoms with Crippen LogP contribution in [-0.4, -0.2) is 82.3 Å². The standard InChI is InChI=1S/C20H33N5O.HI/c1-4-21-20(22-15-17-9-10-23(2)16-17)25-13-11-24(12-14-25)18-7-5-6-8-19(18)26-3;/h5-8,17H,4,9-16H2,1-3H3,(H,21,22);1H. The molecule has 1 unspecified atom stereocenters. The van der Waals surface area contributed by atoms with Gasteiger partial charge in [0, 0.05) is 45.8 Å². The van der Waals surface area contributed by atoms with Crippen molar-refractivity contribution in [3.05, 3.63) is 24.3 Å². The Hall–Kier alpha value is -1.22. The van der Waals surface area contributed by atoms with Gasteiger partial charge in [0.25, 0.3) is 0 Å². The van der Waals surface area contributed by atoms with E-state index in [2.05, 4.69) is 46.1 Å². The second kappa shape index (κ2) is 10.9. The fourth-order valence-electron chi connectivity index (χ4n) is 3.87. The number of guanidine groups is 1. The number of benzene rings is 1. The van der Waals surface area contributed by atoms with Crippen molar-refractivity contribution >= 4 is 35.6 Å². The minimum Gasteiger partial charge on any atom is -0.495 e. The monoisotopic (exact) mass is 487 g/mol. The van der Waals surface area contributed by atoms with Gasteiger partial charge in [-0.1, -0.05) is 12.1 Å². The van der Waals surface area contributed by atoms with E-state index < -0.39 is 0 Å². The third kappa shape index (κ3) is 5.88. The molecule has 1 atom stereocenters. The molecule has 0 spiro atoms. The molecular formula is C20H34IN5O. The zero-order chi connectivity index (χ0) is 18.4. The van der Waals surface area contributed by atoms with Crippen LogP contribution in [0, 0.1) is 5.92 Å². The van der Waals surface area contributed by atoms with E-state index in [-0.39, 0.29) is 24.0 Å². The Bertz CT molecular complexity index is 604. The maximum absolute atomic E-state index is 5.52. The highest BCUT2D eigenvalue weighted by molar-refractivity contribution is 14.0. The Labute approximate surface area is 181 Å². The van der Waals surface area contributed by atoms with E-state index >= 15 is 0 Å². The van der Waals surface area contributed by atoms with Gasteiger partial charge in [-0.15, -0.1) is 24.0 Å². The summed E-state index contributed by atoms with van der Waals surface area (Å²) in [6.45, 7) is 10.3. The number of anilines is 1. The van der Waals surface area contributed by atoms with Crippen molar-refractivity contribution in [2.75, 3.05) is 71.4 Å². The van der Waals surface area contributed by atoms with E-state index in [1.807, 2.05) is 12.1 Å². The van der Waals surface area contributed by atoms with Gasteiger partial charge < -0.3 is 24.8 Å². The van der Waals surface area contributed by atoms with Gasteiger partial charge >= 0.3 is 0 Å². The van der Waals surface area contributed by atoms with Crippen LogP contribution in [0.3, 0.4) is 0 Å². The highest BCUT2D eigenvalue weighted by Crippen LogP contribution is 2.28. The van der Waals surface area contributed by atoms with Crippen LogP contribution in [0.15, 0.2) is 29.3 Å². The average Bonchev–Trinajstić information content (AvgIpc) is 3.10. The molecule has 1 aromatic rings. The van der Waals surface area contributed by atoms with E-state index in [4.69, 9.17) is 9.73 Å². The summed E-state index contributed by atoms with van der Waals surface area (Å²) < 4.78 is 5.52. The Kier molecular flexibility index (Phi) is 8.95. The van der Waals surface area contributed by atoms with Gasteiger partial charge in [-0.2, -0.15) is 0 Å². The first kappa shape index (κ1) is 22.1. The quantitative estimate of drug-likeness (QED) is 0.393. The van der Waals surface area contributed by atoms with Gasteiger partial charge in [-0.05, 0) is 45.0 Å². The molecule has 27 heavy (non-hydrogen) atoms. The molecule has 3 rings (SSSR count). The molecule has 2 saturated heterocycles. The third-order valence-corrected chi connectivity index (χ3v) is 5.33. The van der Waals surface area contributed by atoms with Crippen LogP contribution in [0.2, 0.25) is 0 Å². The van der Waals surface area contributed by atoms with E-state index in [0.29, 0.717) is 5.92 Å². The summed E-state index contributed by atoms with van der Waals surface area (Å²) in [5.41, 5.74) is 1.19. The number of methoxy groups -OCH3 is 1.